The highest BCUT2D eigenvalue weighted by atomic mass is 16.2. The molecule has 1 aromatic heterocycles. The van der Waals surface area contributed by atoms with Crippen molar-refractivity contribution in [3.05, 3.63) is 53.7 Å². The van der Waals surface area contributed by atoms with Gasteiger partial charge in [0.1, 0.15) is 0 Å². The highest BCUT2D eigenvalue weighted by molar-refractivity contribution is 6.12. The van der Waals surface area contributed by atoms with E-state index in [4.69, 9.17) is 5.73 Å². The summed E-state index contributed by atoms with van der Waals surface area (Å²) in [6.45, 7) is 2.01. The van der Waals surface area contributed by atoms with Crippen LogP contribution in [0.3, 0.4) is 0 Å². The van der Waals surface area contributed by atoms with Crippen LogP contribution in [0.1, 0.15) is 16.1 Å². The number of nitrogens with two attached hydrogens (primary N) is 1. The Morgan fingerprint density at radius 1 is 1.19 bits per heavy atom. The van der Waals surface area contributed by atoms with Gasteiger partial charge in [0.2, 0.25) is 0 Å². The maximum absolute atomic E-state index is 12.6. The predicted molar refractivity (Wildman–Crippen MR) is 84.4 cm³/mol. The number of H-pyrrole nitrogens is 1. The molecule has 0 bridgehead atoms. The van der Waals surface area contributed by atoms with Crippen molar-refractivity contribution in [3.8, 4) is 0 Å². The molecule has 0 aliphatic rings. The first-order valence-electron chi connectivity index (χ1n) is 6.64. The van der Waals surface area contributed by atoms with E-state index in [0.29, 0.717) is 11.4 Å². The minimum absolute atomic E-state index is 0.171. The summed E-state index contributed by atoms with van der Waals surface area (Å²) in [5.74, 6) is -0.171. The van der Waals surface area contributed by atoms with Gasteiger partial charge in [0.05, 0.1) is 5.52 Å². The number of anilines is 2. The number of carbonyl (C=O) groups excluding carboxylic acids is 1. The first-order valence-corrected chi connectivity index (χ1v) is 6.64. The van der Waals surface area contributed by atoms with Crippen LogP contribution in [0.2, 0.25) is 0 Å². The molecule has 0 radical (unpaired) electrons. The first kappa shape index (κ1) is 13.2. The van der Waals surface area contributed by atoms with Crippen LogP contribution in [0.5, 0.6) is 0 Å². The smallest absolute Gasteiger partial charge is 0.279 e. The Labute approximate surface area is 122 Å². The highest BCUT2D eigenvalue weighted by Crippen LogP contribution is 2.22. The molecule has 0 unspecified atom stereocenters. The number of hydrogen-bond acceptors (Lipinski definition) is 3. The molecule has 1 amide bonds. The summed E-state index contributed by atoms with van der Waals surface area (Å²) >= 11 is 0. The van der Waals surface area contributed by atoms with Gasteiger partial charge in [0.25, 0.3) is 5.91 Å². The Hall–Kier alpha value is -2.82. The molecule has 0 fully saturated rings. The van der Waals surface area contributed by atoms with Gasteiger partial charge in [-0.2, -0.15) is 5.10 Å². The standard InChI is InChI=1S/C16H16N4O/c1-10-3-6-12(7-4-10)20(2)16(21)15-13-9-11(17)5-8-14(13)18-19-15/h3-9H,17H2,1-2H3,(H,18,19). The van der Waals surface area contributed by atoms with E-state index in [1.165, 1.54) is 0 Å². The van der Waals surface area contributed by atoms with Crippen LogP contribution in [0.4, 0.5) is 11.4 Å². The quantitative estimate of drug-likeness (QED) is 0.709. The zero-order valence-electron chi connectivity index (χ0n) is 11.9. The lowest BCUT2D eigenvalue weighted by Gasteiger charge is -2.16. The van der Waals surface area contributed by atoms with Crippen molar-refractivity contribution in [1.29, 1.82) is 0 Å². The van der Waals surface area contributed by atoms with E-state index in [1.54, 1.807) is 24.1 Å². The molecule has 0 aliphatic heterocycles. The van der Waals surface area contributed by atoms with Crippen molar-refractivity contribution < 1.29 is 4.79 Å². The molecule has 0 atom stereocenters. The second kappa shape index (κ2) is 4.94. The molecule has 21 heavy (non-hydrogen) atoms. The van der Waals surface area contributed by atoms with Gasteiger partial charge in [0.15, 0.2) is 5.69 Å². The number of aromatic nitrogens is 2. The SMILES string of the molecule is Cc1ccc(N(C)C(=O)c2n[nH]c3ccc(N)cc23)cc1. The van der Waals surface area contributed by atoms with E-state index >= 15 is 0 Å². The number of nitrogens with zero attached hydrogens (tertiary/aromatic N) is 2. The molecule has 2 aromatic carbocycles. The summed E-state index contributed by atoms with van der Waals surface area (Å²) in [6.07, 6.45) is 0. The lowest BCUT2D eigenvalue weighted by atomic mass is 10.1. The number of aryl methyl sites for hydroxylation is 1. The molecule has 1 heterocycles. The first-order chi connectivity index (χ1) is 10.1. The van der Waals surface area contributed by atoms with Crippen LogP contribution in [-0.2, 0) is 0 Å². The van der Waals surface area contributed by atoms with Gasteiger partial charge in [0, 0.05) is 23.8 Å². The van der Waals surface area contributed by atoms with Crippen molar-refractivity contribution in [2.45, 2.75) is 6.92 Å². The highest BCUT2D eigenvalue weighted by Gasteiger charge is 2.19. The van der Waals surface area contributed by atoms with E-state index in [9.17, 15) is 4.79 Å². The van der Waals surface area contributed by atoms with Gasteiger partial charge in [-0.25, -0.2) is 0 Å². The molecule has 106 valence electrons. The molecule has 5 nitrogen and oxygen atoms in total. The topological polar surface area (TPSA) is 75.0 Å². The fraction of sp³-hybridized carbons (Fsp3) is 0.125. The summed E-state index contributed by atoms with van der Waals surface area (Å²) in [5, 5.41) is 7.72. The van der Waals surface area contributed by atoms with Crippen LogP contribution in [0.25, 0.3) is 10.9 Å². The second-order valence-corrected chi connectivity index (χ2v) is 5.08. The average Bonchev–Trinajstić information content (AvgIpc) is 2.89. The molecule has 0 aliphatic carbocycles. The molecule has 0 spiro atoms. The number of hydrogen-bond donors (Lipinski definition) is 2. The molecule has 3 aromatic rings. The number of rotatable bonds is 2. The number of amides is 1. The Morgan fingerprint density at radius 2 is 1.90 bits per heavy atom. The van der Waals surface area contributed by atoms with Crippen molar-refractivity contribution in [3.63, 3.8) is 0 Å². The fourth-order valence-corrected chi connectivity index (χ4v) is 2.24. The Balaban J connectivity index is 2.00. The minimum atomic E-state index is -0.171. The summed E-state index contributed by atoms with van der Waals surface area (Å²) in [6, 6.07) is 13.1. The van der Waals surface area contributed by atoms with E-state index in [0.717, 1.165) is 22.2 Å². The van der Waals surface area contributed by atoms with Crippen molar-refractivity contribution in [1.82, 2.24) is 10.2 Å². The van der Waals surface area contributed by atoms with Crippen molar-refractivity contribution >= 4 is 28.2 Å². The summed E-state index contributed by atoms with van der Waals surface area (Å²) in [4.78, 5) is 14.2. The maximum Gasteiger partial charge on any atom is 0.279 e. The molecule has 5 heteroatoms. The van der Waals surface area contributed by atoms with E-state index in [-0.39, 0.29) is 5.91 Å². The normalized spacial score (nSPS) is 10.8. The van der Waals surface area contributed by atoms with Gasteiger partial charge in [-0.15, -0.1) is 0 Å². The molecule has 0 saturated carbocycles. The zero-order chi connectivity index (χ0) is 15.0. The number of fused-ring (bicyclic) bond motifs is 1. The Kier molecular flexibility index (Phi) is 3.10. The average molecular weight is 280 g/mol. The maximum atomic E-state index is 12.6. The van der Waals surface area contributed by atoms with Gasteiger partial charge in [-0.1, -0.05) is 17.7 Å². The summed E-state index contributed by atoms with van der Waals surface area (Å²) < 4.78 is 0. The third kappa shape index (κ3) is 2.33. The molecular formula is C16H16N4O. The number of carbonyl (C=O) groups is 1. The number of nitrogen functional groups attached to an aromatic ring is 1. The monoisotopic (exact) mass is 280 g/mol. The molecule has 0 saturated heterocycles. The van der Waals surface area contributed by atoms with Crippen LogP contribution in [0, 0.1) is 6.92 Å². The second-order valence-electron chi connectivity index (χ2n) is 5.08. The van der Waals surface area contributed by atoms with Gasteiger partial charge < -0.3 is 10.6 Å². The zero-order valence-corrected chi connectivity index (χ0v) is 11.9. The van der Waals surface area contributed by atoms with Crippen molar-refractivity contribution in [2.24, 2.45) is 0 Å². The molecular weight excluding hydrogens is 264 g/mol. The number of aromatic amines is 1. The van der Waals surface area contributed by atoms with Crippen molar-refractivity contribution in [2.75, 3.05) is 17.7 Å². The largest absolute Gasteiger partial charge is 0.399 e. The molecule has 3 rings (SSSR count). The lowest BCUT2D eigenvalue weighted by Crippen LogP contribution is -2.26. The van der Waals surface area contributed by atoms with Gasteiger partial charge in [-0.3, -0.25) is 9.89 Å². The van der Waals surface area contributed by atoms with E-state index in [2.05, 4.69) is 10.2 Å². The lowest BCUT2D eigenvalue weighted by molar-refractivity contribution is 0.0990. The van der Waals surface area contributed by atoms with Gasteiger partial charge >= 0.3 is 0 Å². The number of nitrogens with one attached hydrogen (secondary N) is 1. The number of benzene rings is 2. The molecule has 3 N–H and O–H groups in total. The third-order valence-corrected chi connectivity index (χ3v) is 3.52. The summed E-state index contributed by atoms with van der Waals surface area (Å²) in [7, 11) is 1.74. The predicted octanol–water partition coefficient (Wildman–Crippen LogP) is 2.73. The Morgan fingerprint density at radius 3 is 2.62 bits per heavy atom. The van der Waals surface area contributed by atoms with E-state index < -0.39 is 0 Å². The van der Waals surface area contributed by atoms with E-state index in [1.807, 2.05) is 37.3 Å². The van der Waals surface area contributed by atoms with Gasteiger partial charge in [-0.05, 0) is 37.3 Å². The third-order valence-electron chi connectivity index (χ3n) is 3.52. The van der Waals surface area contributed by atoms with Crippen LogP contribution >= 0.6 is 0 Å². The minimum Gasteiger partial charge on any atom is -0.399 e. The Bertz CT molecular complexity index is 805. The van der Waals surface area contributed by atoms with Crippen LogP contribution in [0.15, 0.2) is 42.5 Å². The van der Waals surface area contributed by atoms with Crippen LogP contribution in [-0.4, -0.2) is 23.2 Å². The fourth-order valence-electron chi connectivity index (χ4n) is 2.24. The summed E-state index contributed by atoms with van der Waals surface area (Å²) in [5.41, 5.74) is 9.54. The van der Waals surface area contributed by atoms with Crippen LogP contribution < -0.4 is 10.6 Å².